The molecule has 7 heteroatoms. The van der Waals surface area contributed by atoms with Crippen molar-refractivity contribution in [2.45, 2.75) is 33.9 Å². The highest BCUT2D eigenvalue weighted by atomic mass is 35.5. The van der Waals surface area contributed by atoms with Crippen molar-refractivity contribution in [2.24, 2.45) is 0 Å². The number of aryl methyl sites for hydroxylation is 1. The minimum absolute atomic E-state index is 0.103. The minimum Gasteiger partial charge on any atom is -0.292 e. The van der Waals surface area contributed by atoms with Gasteiger partial charge < -0.3 is 0 Å². The first-order valence-corrected chi connectivity index (χ1v) is 7.30. The smallest absolute Gasteiger partial charge is 0.242 e. The summed E-state index contributed by atoms with van der Waals surface area (Å²) in [6.45, 7) is 5.67. The lowest BCUT2D eigenvalue weighted by atomic mass is 10.1. The van der Waals surface area contributed by atoms with Crippen molar-refractivity contribution in [3.05, 3.63) is 39.9 Å². The lowest BCUT2D eigenvalue weighted by molar-refractivity contribution is -0.117. The van der Waals surface area contributed by atoms with Crippen molar-refractivity contribution in [1.82, 2.24) is 14.8 Å². The highest BCUT2D eigenvalue weighted by molar-refractivity contribution is 6.32. The van der Waals surface area contributed by atoms with Gasteiger partial charge in [-0.1, -0.05) is 18.5 Å². The van der Waals surface area contributed by atoms with Crippen molar-refractivity contribution in [2.75, 3.05) is 4.90 Å². The first-order chi connectivity index (χ1) is 9.92. The van der Waals surface area contributed by atoms with Crippen LogP contribution in [0.25, 0.3) is 0 Å². The van der Waals surface area contributed by atoms with Crippen molar-refractivity contribution >= 4 is 34.8 Å². The monoisotopic (exact) mass is 326 g/mol. The Bertz CT molecular complexity index is 669. The van der Waals surface area contributed by atoms with E-state index in [1.54, 1.807) is 4.90 Å². The second-order valence-corrected chi connectivity index (χ2v) is 5.46. The van der Waals surface area contributed by atoms with Gasteiger partial charge in [0.05, 0.1) is 5.69 Å². The third-order valence-corrected chi connectivity index (χ3v) is 3.82. The quantitative estimate of drug-likeness (QED) is 0.864. The lowest BCUT2D eigenvalue weighted by Crippen LogP contribution is -2.31. The predicted octanol–water partition coefficient (Wildman–Crippen LogP) is 3.47. The Kier molecular flexibility index (Phi) is 4.85. The van der Waals surface area contributed by atoms with Crippen molar-refractivity contribution in [1.29, 1.82) is 0 Å². The van der Waals surface area contributed by atoms with Gasteiger partial charge >= 0.3 is 0 Å². The Morgan fingerprint density at radius 2 is 2.10 bits per heavy atom. The number of hydrogen-bond acceptors (Lipinski definition) is 3. The third-order valence-electron chi connectivity index (χ3n) is 3.25. The number of halogens is 2. The summed E-state index contributed by atoms with van der Waals surface area (Å²) >= 11 is 12.0. The molecule has 5 nitrogen and oxygen atoms in total. The molecule has 21 heavy (non-hydrogen) atoms. The van der Waals surface area contributed by atoms with E-state index in [0.717, 1.165) is 23.2 Å². The maximum atomic E-state index is 12.0. The maximum Gasteiger partial charge on any atom is 0.242 e. The predicted molar refractivity (Wildman–Crippen MR) is 83.8 cm³/mol. The molecule has 0 aliphatic heterocycles. The number of rotatable bonds is 4. The average molecular weight is 327 g/mol. The van der Waals surface area contributed by atoms with Crippen LogP contribution in [0.15, 0.2) is 18.5 Å². The molecule has 0 fully saturated rings. The van der Waals surface area contributed by atoms with Gasteiger partial charge in [-0.05, 0) is 48.2 Å². The second-order valence-electron chi connectivity index (χ2n) is 4.72. The van der Waals surface area contributed by atoms with Crippen LogP contribution in [0, 0.1) is 6.92 Å². The van der Waals surface area contributed by atoms with Gasteiger partial charge in [-0.2, -0.15) is 0 Å². The number of anilines is 1. The Labute approximate surface area is 133 Å². The van der Waals surface area contributed by atoms with Gasteiger partial charge in [-0.3, -0.25) is 9.69 Å². The number of amides is 1. The standard InChI is InChI=1S/C14H16Cl2N4O/c1-4-11-5-12(15)9(2)13(6-11)20(10(3)21)8-19-7-17-14(16)18-19/h5-7H,4,8H2,1-3H3. The molecule has 0 bridgehead atoms. The molecule has 0 spiro atoms. The minimum atomic E-state index is -0.103. The van der Waals surface area contributed by atoms with Gasteiger partial charge in [-0.15, -0.1) is 5.10 Å². The summed E-state index contributed by atoms with van der Waals surface area (Å²) in [7, 11) is 0. The number of hydrogen-bond donors (Lipinski definition) is 0. The van der Waals surface area contributed by atoms with E-state index in [-0.39, 0.29) is 17.9 Å². The van der Waals surface area contributed by atoms with E-state index >= 15 is 0 Å². The Morgan fingerprint density at radius 1 is 1.38 bits per heavy atom. The third kappa shape index (κ3) is 3.54. The summed E-state index contributed by atoms with van der Waals surface area (Å²) in [5, 5.41) is 4.79. The van der Waals surface area contributed by atoms with Crippen LogP contribution in [0.2, 0.25) is 10.3 Å². The number of carbonyl (C=O) groups excluding carboxylic acids is 1. The summed E-state index contributed by atoms with van der Waals surface area (Å²) in [5.41, 5.74) is 2.71. The molecule has 0 atom stereocenters. The van der Waals surface area contributed by atoms with E-state index in [2.05, 4.69) is 10.1 Å². The topological polar surface area (TPSA) is 51.0 Å². The van der Waals surface area contributed by atoms with Gasteiger partial charge in [0.25, 0.3) is 0 Å². The van der Waals surface area contributed by atoms with Gasteiger partial charge in [0.1, 0.15) is 13.0 Å². The van der Waals surface area contributed by atoms with Crippen molar-refractivity contribution in [3.8, 4) is 0 Å². The van der Waals surface area contributed by atoms with E-state index < -0.39 is 0 Å². The Balaban J connectivity index is 2.43. The van der Waals surface area contributed by atoms with Crippen LogP contribution >= 0.6 is 23.2 Å². The first-order valence-electron chi connectivity index (χ1n) is 6.54. The largest absolute Gasteiger partial charge is 0.292 e. The average Bonchev–Trinajstić information content (AvgIpc) is 2.84. The summed E-state index contributed by atoms with van der Waals surface area (Å²) in [4.78, 5) is 17.5. The molecule has 2 rings (SSSR count). The van der Waals surface area contributed by atoms with E-state index in [1.165, 1.54) is 17.9 Å². The molecule has 0 saturated heterocycles. The molecule has 0 aliphatic carbocycles. The zero-order valence-electron chi connectivity index (χ0n) is 12.1. The van der Waals surface area contributed by atoms with E-state index in [4.69, 9.17) is 23.2 Å². The molecule has 0 radical (unpaired) electrons. The molecular weight excluding hydrogens is 311 g/mol. The Morgan fingerprint density at radius 3 is 2.62 bits per heavy atom. The Hall–Kier alpha value is -1.59. The SMILES string of the molecule is CCc1cc(Cl)c(C)c(N(Cn2cnc(Cl)n2)C(C)=O)c1. The fourth-order valence-corrected chi connectivity index (χ4v) is 2.41. The van der Waals surface area contributed by atoms with E-state index in [0.29, 0.717) is 5.02 Å². The van der Waals surface area contributed by atoms with Crippen LogP contribution < -0.4 is 4.90 Å². The zero-order valence-corrected chi connectivity index (χ0v) is 13.6. The van der Waals surface area contributed by atoms with Crippen molar-refractivity contribution in [3.63, 3.8) is 0 Å². The lowest BCUT2D eigenvalue weighted by Gasteiger charge is -2.24. The number of carbonyl (C=O) groups is 1. The highest BCUT2D eigenvalue weighted by Crippen LogP contribution is 2.29. The molecule has 1 heterocycles. The summed E-state index contributed by atoms with van der Waals surface area (Å²) < 4.78 is 1.51. The van der Waals surface area contributed by atoms with Gasteiger partial charge in [0.15, 0.2) is 0 Å². The molecule has 0 saturated carbocycles. The molecule has 112 valence electrons. The van der Waals surface area contributed by atoms with E-state index in [1.807, 2.05) is 26.0 Å². The fraction of sp³-hybridized carbons (Fsp3) is 0.357. The van der Waals surface area contributed by atoms with E-state index in [9.17, 15) is 4.79 Å². The summed E-state index contributed by atoms with van der Waals surface area (Å²) in [5.74, 6) is -0.103. The molecule has 2 aromatic rings. The van der Waals surface area contributed by atoms with Crippen LogP contribution in [-0.2, 0) is 17.9 Å². The van der Waals surface area contributed by atoms with Crippen LogP contribution in [0.3, 0.4) is 0 Å². The maximum absolute atomic E-state index is 12.0. The normalized spacial score (nSPS) is 10.7. The van der Waals surface area contributed by atoms with Crippen molar-refractivity contribution < 1.29 is 4.79 Å². The second kappa shape index (κ2) is 6.45. The van der Waals surface area contributed by atoms with Crippen LogP contribution in [-0.4, -0.2) is 20.7 Å². The molecule has 1 amide bonds. The van der Waals surface area contributed by atoms with Crippen LogP contribution in [0.1, 0.15) is 25.0 Å². The molecule has 0 aliphatic rings. The zero-order chi connectivity index (χ0) is 15.6. The first kappa shape index (κ1) is 15.8. The molecular formula is C14H16Cl2N4O. The molecule has 1 aromatic heterocycles. The van der Waals surface area contributed by atoms with Crippen LogP contribution in [0.4, 0.5) is 5.69 Å². The molecule has 1 aromatic carbocycles. The number of aromatic nitrogens is 3. The van der Waals surface area contributed by atoms with Gasteiger partial charge in [-0.25, -0.2) is 9.67 Å². The summed E-state index contributed by atoms with van der Waals surface area (Å²) in [6.07, 6.45) is 2.33. The molecule has 0 unspecified atom stereocenters. The summed E-state index contributed by atoms with van der Waals surface area (Å²) in [6, 6.07) is 3.90. The number of nitrogens with zero attached hydrogens (tertiary/aromatic N) is 4. The van der Waals surface area contributed by atoms with Crippen LogP contribution in [0.5, 0.6) is 0 Å². The number of benzene rings is 1. The highest BCUT2D eigenvalue weighted by Gasteiger charge is 2.17. The molecule has 0 N–H and O–H groups in total. The van der Waals surface area contributed by atoms with Gasteiger partial charge in [0, 0.05) is 11.9 Å². The fourth-order valence-electron chi connectivity index (χ4n) is 2.03. The van der Waals surface area contributed by atoms with Gasteiger partial charge in [0.2, 0.25) is 11.2 Å².